The van der Waals surface area contributed by atoms with Crippen LogP contribution < -0.4 is 0 Å². The smallest absolute Gasteiger partial charge is 0.326 e. The second-order valence-electron chi connectivity index (χ2n) is 5.11. The monoisotopic (exact) mass is 286 g/mol. The first-order chi connectivity index (χ1) is 10.1. The number of carbonyl (C=O) groups excluding carboxylic acids is 1. The third-order valence-electron chi connectivity index (χ3n) is 3.67. The zero-order valence-electron chi connectivity index (χ0n) is 11.1. The van der Waals surface area contributed by atoms with E-state index in [-0.39, 0.29) is 18.9 Å². The van der Waals surface area contributed by atoms with Crippen LogP contribution in [-0.4, -0.2) is 50.7 Å². The van der Waals surface area contributed by atoms with Crippen LogP contribution in [0, 0.1) is 0 Å². The highest BCUT2D eigenvalue weighted by molar-refractivity contribution is 5.99. The topological polar surface area (TPSA) is 90.7 Å². The summed E-state index contributed by atoms with van der Waals surface area (Å²) in [4.78, 5) is 29.1. The van der Waals surface area contributed by atoms with E-state index in [4.69, 9.17) is 5.11 Å². The van der Waals surface area contributed by atoms with Gasteiger partial charge in [0.2, 0.25) is 0 Å². The van der Waals surface area contributed by atoms with Crippen molar-refractivity contribution in [3.05, 3.63) is 42.1 Å². The molecule has 0 spiro atoms. The number of carboxylic acids is 1. The average molecular weight is 286 g/mol. The van der Waals surface area contributed by atoms with Crippen molar-refractivity contribution in [2.75, 3.05) is 6.54 Å². The summed E-state index contributed by atoms with van der Waals surface area (Å²) in [5.74, 6) is -1.48. The molecule has 1 amide bonds. The Morgan fingerprint density at radius 2 is 2.10 bits per heavy atom. The number of hydrogen-bond acceptors (Lipinski definition) is 4. The van der Waals surface area contributed by atoms with Gasteiger partial charge in [-0.3, -0.25) is 9.78 Å². The van der Waals surface area contributed by atoms with Crippen molar-refractivity contribution in [2.45, 2.75) is 18.6 Å². The summed E-state index contributed by atoms with van der Waals surface area (Å²) in [5.41, 5.74) is 1.17. The highest BCUT2D eigenvalue weighted by Gasteiger charge is 2.39. The summed E-state index contributed by atoms with van der Waals surface area (Å²) in [6.07, 6.45) is 0.939. The molecule has 2 heterocycles. The highest BCUT2D eigenvalue weighted by Crippen LogP contribution is 2.22. The number of amides is 1. The van der Waals surface area contributed by atoms with Crippen LogP contribution in [0.4, 0.5) is 0 Å². The Balaban J connectivity index is 1.94. The largest absolute Gasteiger partial charge is 0.480 e. The third-order valence-corrected chi connectivity index (χ3v) is 3.67. The van der Waals surface area contributed by atoms with Gasteiger partial charge in [-0.05, 0) is 24.3 Å². The Labute approximate surface area is 120 Å². The zero-order chi connectivity index (χ0) is 15.0. The lowest BCUT2D eigenvalue weighted by molar-refractivity contribution is -0.141. The summed E-state index contributed by atoms with van der Waals surface area (Å²) >= 11 is 0. The fourth-order valence-electron chi connectivity index (χ4n) is 2.65. The van der Waals surface area contributed by atoms with Gasteiger partial charge in [-0.25, -0.2) is 4.79 Å². The maximum absolute atomic E-state index is 12.5. The second-order valence-corrected chi connectivity index (χ2v) is 5.11. The fraction of sp³-hybridized carbons (Fsp3) is 0.267. The van der Waals surface area contributed by atoms with Crippen molar-refractivity contribution in [1.29, 1.82) is 0 Å². The summed E-state index contributed by atoms with van der Waals surface area (Å²) < 4.78 is 0. The minimum atomic E-state index is -1.10. The molecule has 0 aliphatic carbocycles. The number of hydrogen-bond donors (Lipinski definition) is 2. The number of rotatable bonds is 2. The molecule has 1 aliphatic heterocycles. The standard InChI is InChI=1S/C15H14N2O4/c18-11-7-13(15(20)21)17(8-11)14(19)10-3-4-12-9(6-10)2-1-5-16-12/h1-6,11,13,18H,7-8H2,(H,20,21)/t11-,13-/m1/s1. The van der Waals surface area contributed by atoms with E-state index >= 15 is 0 Å². The summed E-state index contributed by atoms with van der Waals surface area (Å²) in [6.45, 7) is 0.0425. The molecule has 6 nitrogen and oxygen atoms in total. The van der Waals surface area contributed by atoms with Gasteiger partial charge >= 0.3 is 5.97 Å². The molecule has 2 N–H and O–H groups in total. The first kappa shape index (κ1) is 13.5. The molecular formula is C15H14N2O4. The molecule has 0 saturated carbocycles. The summed E-state index contributed by atoms with van der Waals surface area (Å²) in [6, 6.07) is 7.68. The van der Waals surface area contributed by atoms with Crippen LogP contribution >= 0.6 is 0 Å². The number of pyridine rings is 1. The van der Waals surface area contributed by atoms with Crippen LogP contribution in [0.3, 0.4) is 0 Å². The number of aliphatic hydroxyl groups excluding tert-OH is 1. The Hall–Kier alpha value is -2.47. The molecule has 3 rings (SSSR count). The number of carboxylic acid groups (broad SMARTS) is 1. The van der Waals surface area contributed by atoms with E-state index < -0.39 is 18.1 Å². The lowest BCUT2D eigenvalue weighted by atomic mass is 10.1. The average Bonchev–Trinajstić information content (AvgIpc) is 2.88. The molecule has 6 heteroatoms. The number of carbonyl (C=O) groups is 2. The van der Waals surface area contributed by atoms with Crippen LogP contribution in [0.25, 0.3) is 10.9 Å². The van der Waals surface area contributed by atoms with Crippen molar-refractivity contribution in [1.82, 2.24) is 9.88 Å². The second kappa shape index (κ2) is 5.14. The van der Waals surface area contributed by atoms with Gasteiger partial charge in [0.05, 0.1) is 11.6 Å². The number of aliphatic hydroxyl groups is 1. The molecule has 0 bridgehead atoms. The van der Waals surface area contributed by atoms with Crippen LogP contribution in [0.5, 0.6) is 0 Å². The number of nitrogens with zero attached hydrogens (tertiary/aromatic N) is 2. The van der Waals surface area contributed by atoms with Crippen LogP contribution in [0.15, 0.2) is 36.5 Å². The predicted octanol–water partition coefficient (Wildman–Crippen LogP) is 0.895. The summed E-state index contributed by atoms with van der Waals surface area (Å²) in [5, 5.41) is 19.6. The lowest BCUT2D eigenvalue weighted by Gasteiger charge is -2.21. The van der Waals surface area contributed by atoms with Gasteiger partial charge in [0.25, 0.3) is 5.91 Å². The van der Waals surface area contributed by atoms with Gasteiger partial charge in [-0.2, -0.15) is 0 Å². The van der Waals surface area contributed by atoms with Crippen molar-refractivity contribution in [3.63, 3.8) is 0 Å². The molecule has 1 aromatic carbocycles. The van der Waals surface area contributed by atoms with Crippen molar-refractivity contribution < 1.29 is 19.8 Å². The number of fused-ring (bicyclic) bond motifs is 1. The minimum Gasteiger partial charge on any atom is -0.480 e. The Morgan fingerprint density at radius 1 is 1.29 bits per heavy atom. The molecule has 21 heavy (non-hydrogen) atoms. The number of β-amino-alcohol motifs (C(OH)–C–C–N with tert-alkyl or cyclic N) is 1. The zero-order valence-corrected chi connectivity index (χ0v) is 11.1. The molecule has 0 radical (unpaired) electrons. The first-order valence-electron chi connectivity index (χ1n) is 6.63. The Morgan fingerprint density at radius 3 is 2.86 bits per heavy atom. The van der Waals surface area contributed by atoms with Gasteiger partial charge < -0.3 is 15.1 Å². The molecule has 1 fully saturated rings. The quantitative estimate of drug-likeness (QED) is 0.855. The van der Waals surface area contributed by atoms with E-state index in [1.54, 1.807) is 30.5 Å². The van der Waals surface area contributed by atoms with Crippen LogP contribution in [-0.2, 0) is 4.79 Å². The molecule has 1 aromatic heterocycles. The first-order valence-corrected chi connectivity index (χ1v) is 6.63. The van der Waals surface area contributed by atoms with Gasteiger partial charge in [-0.15, -0.1) is 0 Å². The Bertz CT molecular complexity index is 716. The van der Waals surface area contributed by atoms with Crippen molar-refractivity contribution in [3.8, 4) is 0 Å². The van der Waals surface area contributed by atoms with Crippen LogP contribution in [0.2, 0.25) is 0 Å². The number of benzene rings is 1. The number of likely N-dealkylation sites (tertiary alicyclic amines) is 1. The molecule has 2 atom stereocenters. The molecule has 0 unspecified atom stereocenters. The van der Waals surface area contributed by atoms with E-state index in [2.05, 4.69) is 4.98 Å². The number of aromatic nitrogens is 1. The van der Waals surface area contributed by atoms with E-state index in [1.807, 2.05) is 6.07 Å². The van der Waals surface area contributed by atoms with Gasteiger partial charge in [-0.1, -0.05) is 6.07 Å². The van der Waals surface area contributed by atoms with E-state index in [9.17, 15) is 14.7 Å². The van der Waals surface area contributed by atoms with Crippen LogP contribution in [0.1, 0.15) is 16.8 Å². The molecule has 2 aromatic rings. The lowest BCUT2D eigenvalue weighted by Crippen LogP contribution is -2.40. The number of aliphatic carboxylic acids is 1. The van der Waals surface area contributed by atoms with Gasteiger partial charge in [0.15, 0.2) is 0 Å². The van der Waals surface area contributed by atoms with Crippen molar-refractivity contribution >= 4 is 22.8 Å². The maximum Gasteiger partial charge on any atom is 0.326 e. The normalized spacial score (nSPS) is 21.7. The Kier molecular flexibility index (Phi) is 3.31. The third kappa shape index (κ3) is 2.45. The van der Waals surface area contributed by atoms with E-state index in [1.165, 1.54) is 4.90 Å². The van der Waals surface area contributed by atoms with Gasteiger partial charge in [0, 0.05) is 30.1 Å². The molecule has 108 valence electrons. The van der Waals surface area contributed by atoms with E-state index in [0.717, 1.165) is 10.9 Å². The molecule has 1 aliphatic rings. The highest BCUT2D eigenvalue weighted by atomic mass is 16.4. The minimum absolute atomic E-state index is 0.0425. The fourth-order valence-corrected chi connectivity index (χ4v) is 2.65. The summed E-state index contributed by atoms with van der Waals surface area (Å²) in [7, 11) is 0. The SMILES string of the molecule is O=C(O)[C@H]1C[C@@H](O)CN1C(=O)c1ccc2ncccc2c1. The molecular weight excluding hydrogens is 272 g/mol. The van der Waals surface area contributed by atoms with E-state index in [0.29, 0.717) is 5.56 Å². The predicted molar refractivity (Wildman–Crippen MR) is 74.8 cm³/mol. The van der Waals surface area contributed by atoms with Gasteiger partial charge in [0.1, 0.15) is 6.04 Å². The maximum atomic E-state index is 12.5. The van der Waals surface area contributed by atoms with Crippen molar-refractivity contribution in [2.24, 2.45) is 0 Å². The molecule has 1 saturated heterocycles.